The second-order valence-electron chi connectivity index (χ2n) is 4.81. The lowest BCUT2D eigenvalue weighted by molar-refractivity contribution is -0.137. The molecule has 23 heavy (non-hydrogen) atoms. The van der Waals surface area contributed by atoms with Gasteiger partial charge in [0.25, 0.3) is 5.91 Å². The maximum atomic E-state index is 12.9. The molecule has 2 aromatic rings. The minimum absolute atomic E-state index is 0.295. The van der Waals surface area contributed by atoms with Gasteiger partial charge >= 0.3 is 6.18 Å². The first kappa shape index (κ1) is 17.3. The minimum atomic E-state index is -4.54. The van der Waals surface area contributed by atoms with Crippen molar-refractivity contribution in [1.29, 1.82) is 0 Å². The summed E-state index contributed by atoms with van der Waals surface area (Å²) in [5.74, 6) is -0.232. The van der Waals surface area contributed by atoms with Crippen molar-refractivity contribution < 1.29 is 22.7 Å². The van der Waals surface area contributed by atoms with Crippen LogP contribution in [0.25, 0.3) is 0 Å². The number of hydrogen-bond donors (Lipinski definition) is 1. The van der Waals surface area contributed by atoms with E-state index in [-0.39, 0.29) is 5.69 Å². The van der Waals surface area contributed by atoms with Gasteiger partial charge in [0.2, 0.25) is 0 Å². The van der Waals surface area contributed by atoms with Gasteiger partial charge in [0.05, 0.1) is 15.7 Å². The highest BCUT2D eigenvalue weighted by Crippen LogP contribution is 2.34. The standard InChI is InChI=1S/C16H13BrF3NO2/c1-10-6-7-14(12(17)8-10)23-9-15(22)21-13-5-3-2-4-11(13)16(18,19)20/h2-8H,9H2,1H3,(H,21,22). The Hall–Kier alpha value is -2.02. The molecule has 2 rings (SSSR count). The third-order valence-corrected chi connectivity index (χ3v) is 3.57. The number of nitrogens with one attached hydrogen (secondary N) is 1. The van der Waals surface area contributed by atoms with Gasteiger partial charge in [0.15, 0.2) is 6.61 Å². The molecule has 122 valence electrons. The molecule has 1 N–H and O–H groups in total. The predicted octanol–water partition coefficient (Wildman–Crippen LogP) is 4.79. The highest BCUT2D eigenvalue weighted by Gasteiger charge is 2.33. The number of amides is 1. The van der Waals surface area contributed by atoms with Gasteiger partial charge in [-0.15, -0.1) is 0 Å². The van der Waals surface area contributed by atoms with E-state index in [9.17, 15) is 18.0 Å². The van der Waals surface area contributed by atoms with Crippen molar-refractivity contribution in [2.75, 3.05) is 11.9 Å². The zero-order chi connectivity index (χ0) is 17.0. The fourth-order valence-corrected chi connectivity index (χ4v) is 2.50. The Morgan fingerprint density at radius 1 is 1.22 bits per heavy atom. The Balaban J connectivity index is 2.03. The van der Waals surface area contributed by atoms with Crippen LogP contribution in [0.5, 0.6) is 5.75 Å². The van der Waals surface area contributed by atoms with E-state index >= 15 is 0 Å². The van der Waals surface area contributed by atoms with Crippen LogP contribution in [0.3, 0.4) is 0 Å². The summed E-state index contributed by atoms with van der Waals surface area (Å²) in [4.78, 5) is 11.8. The van der Waals surface area contributed by atoms with Crippen molar-refractivity contribution >= 4 is 27.5 Å². The van der Waals surface area contributed by atoms with Crippen molar-refractivity contribution in [1.82, 2.24) is 0 Å². The van der Waals surface area contributed by atoms with Crippen LogP contribution in [0, 0.1) is 6.92 Å². The van der Waals surface area contributed by atoms with E-state index in [0.717, 1.165) is 11.6 Å². The van der Waals surface area contributed by atoms with E-state index in [0.29, 0.717) is 10.2 Å². The summed E-state index contributed by atoms with van der Waals surface area (Å²) in [5.41, 5.74) is -0.186. The first-order valence-electron chi connectivity index (χ1n) is 6.62. The highest BCUT2D eigenvalue weighted by molar-refractivity contribution is 9.10. The molecule has 0 bridgehead atoms. The van der Waals surface area contributed by atoms with Gasteiger partial charge in [-0.1, -0.05) is 18.2 Å². The summed E-state index contributed by atoms with van der Waals surface area (Å²) in [6.07, 6.45) is -4.54. The van der Waals surface area contributed by atoms with Crippen LogP contribution in [0.2, 0.25) is 0 Å². The molecular formula is C16H13BrF3NO2. The zero-order valence-electron chi connectivity index (χ0n) is 12.1. The van der Waals surface area contributed by atoms with Gasteiger partial charge in [-0.25, -0.2) is 0 Å². The maximum absolute atomic E-state index is 12.9. The summed E-state index contributed by atoms with van der Waals surface area (Å²) in [5, 5.41) is 2.22. The normalized spacial score (nSPS) is 11.2. The molecule has 1 amide bonds. The number of aryl methyl sites for hydroxylation is 1. The van der Waals surface area contributed by atoms with E-state index < -0.39 is 24.3 Å². The summed E-state index contributed by atoms with van der Waals surface area (Å²) < 4.78 is 44.5. The fourth-order valence-electron chi connectivity index (χ4n) is 1.89. The molecule has 0 atom stereocenters. The smallest absolute Gasteiger partial charge is 0.418 e. The lowest BCUT2D eigenvalue weighted by Gasteiger charge is -2.14. The van der Waals surface area contributed by atoms with Crippen LogP contribution in [0.4, 0.5) is 18.9 Å². The average Bonchev–Trinajstić information content (AvgIpc) is 2.46. The first-order valence-corrected chi connectivity index (χ1v) is 7.41. The van der Waals surface area contributed by atoms with Crippen LogP contribution in [-0.4, -0.2) is 12.5 Å². The van der Waals surface area contributed by atoms with Gasteiger partial charge in [0, 0.05) is 0 Å². The molecule has 2 aromatic carbocycles. The number of para-hydroxylation sites is 1. The molecule has 0 aliphatic carbocycles. The van der Waals surface area contributed by atoms with Crippen molar-refractivity contribution in [3.63, 3.8) is 0 Å². The number of alkyl halides is 3. The third kappa shape index (κ3) is 4.72. The quantitative estimate of drug-likeness (QED) is 0.818. The average molecular weight is 388 g/mol. The molecule has 0 radical (unpaired) electrons. The second kappa shape index (κ2) is 7.04. The molecule has 0 unspecified atom stereocenters. The second-order valence-corrected chi connectivity index (χ2v) is 5.67. The van der Waals surface area contributed by atoms with E-state index in [1.807, 2.05) is 13.0 Å². The van der Waals surface area contributed by atoms with Crippen LogP contribution in [0.15, 0.2) is 46.9 Å². The zero-order valence-corrected chi connectivity index (χ0v) is 13.7. The number of benzene rings is 2. The Morgan fingerprint density at radius 2 is 1.91 bits per heavy atom. The Kier molecular flexibility index (Phi) is 5.30. The van der Waals surface area contributed by atoms with Gasteiger partial charge in [-0.2, -0.15) is 13.2 Å². The number of hydrogen-bond acceptors (Lipinski definition) is 2. The molecule has 7 heteroatoms. The molecule has 0 aliphatic heterocycles. The maximum Gasteiger partial charge on any atom is 0.418 e. The third-order valence-electron chi connectivity index (χ3n) is 2.95. The van der Waals surface area contributed by atoms with Crippen molar-refractivity contribution in [2.24, 2.45) is 0 Å². The van der Waals surface area contributed by atoms with Gasteiger partial charge in [0.1, 0.15) is 5.75 Å². The molecule has 0 aromatic heterocycles. The fraction of sp³-hybridized carbons (Fsp3) is 0.188. The summed E-state index contributed by atoms with van der Waals surface area (Å²) in [6, 6.07) is 10.1. The number of rotatable bonds is 4. The molecule has 3 nitrogen and oxygen atoms in total. The first-order chi connectivity index (χ1) is 10.8. The molecular weight excluding hydrogens is 375 g/mol. The summed E-state index contributed by atoms with van der Waals surface area (Å²) in [6.45, 7) is 1.50. The van der Waals surface area contributed by atoms with Crippen molar-refractivity contribution in [3.05, 3.63) is 58.1 Å². The molecule has 0 spiro atoms. The monoisotopic (exact) mass is 387 g/mol. The van der Waals surface area contributed by atoms with E-state index in [4.69, 9.17) is 4.74 Å². The Bertz CT molecular complexity index is 717. The molecule has 0 fully saturated rings. The molecule has 0 saturated heterocycles. The largest absolute Gasteiger partial charge is 0.483 e. The SMILES string of the molecule is Cc1ccc(OCC(=O)Nc2ccccc2C(F)(F)F)c(Br)c1. The van der Waals surface area contributed by atoms with E-state index in [2.05, 4.69) is 21.2 Å². The lowest BCUT2D eigenvalue weighted by atomic mass is 10.1. The van der Waals surface area contributed by atoms with Gasteiger partial charge in [-0.3, -0.25) is 4.79 Å². The minimum Gasteiger partial charge on any atom is -0.483 e. The number of ether oxygens (including phenoxy) is 1. The van der Waals surface area contributed by atoms with E-state index in [1.165, 1.54) is 18.2 Å². The topological polar surface area (TPSA) is 38.3 Å². The molecule has 0 aliphatic rings. The van der Waals surface area contributed by atoms with Crippen LogP contribution in [0.1, 0.15) is 11.1 Å². The van der Waals surface area contributed by atoms with Crippen molar-refractivity contribution in [2.45, 2.75) is 13.1 Å². The van der Waals surface area contributed by atoms with Crippen LogP contribution < -0.4 is 10.1 Å². The van der Waals surface area contributed by atoms with Crippen LogP contribution in [-0.2, 0) is 11.0 Å². The lowest BCUT2D eigenvalue weighted by Crippen LogP contribution is -2.22. The van der Waals surface area contributed by atoms with Gasteiger partial charge in [-0.05, 0) is 52.7 Å². The number of anilines is 1. The van der Waals surface area contributed by atoms with Crippen LogP contribution >= 0.6 is 15.9 Å². The number of halogens is 4. The summed E-state index contributed by atoms with van der Waals surface area (Å²) >= 11 is 3.30. The molecule has 0 heterocycles. The van der Waals surface area contributed by atoms with E-state index in [1.54, 1.807) is 12.1 Å². The Labute approximate surface area is 139 Å². The van der Waals surface area contributed by atoms with Crippen molar-refractivity contribution in [3.8, 4) is 5.75 Å². The molecule has 0 saturated carbocycles. The van der Waals surface area contributed by atoms with Gasteiger partial charge < -0.3 is 10.1 Å². The Morgan fingerprint density at radius 3 is 2.57 bits per heavy atom. The summed E-state index contributed by atoms with van der Waals surface area (Å²) in [7, 11) is 0. The predicted molar refractivity (Wildman–Crippen MR) is 84.4 cm³/mol. The highest BCUT2D eigenvalue weighted by atomic mass is 79.9. The number of carbonyl (C=O) groups is 1. The number of carbonyl (C=O) groups excluding carboxylic acids is 1.